The van der Waals surface area contributed by atoms with Crippen molar-refractivity contribution >= 4 is 17.3 Å². The van der Waals surface area contributed by atoms with Crippen molar-refractivity contribution < 1.29 is 18.0 Å². The predicted octanol–water partition coefficient (Wildman–Crippen LogP) is 5.07. The van der Waals surface area contributed by atoms with Crippen LogP contribution < -0.4 is 10.2 Å². The highest BCUT2D eigenvalue weighted by molar-refractivity contribution is 5.92. The van der Waals surface area contributed by atoms with Crippen LogP contribution in [0.1, 0.15) is 36.0 Å². The van der Waals surface area contributed by atoms with Crippen LogP contribution in [0.3, 0.4) is 0 Å². The standard InChI is InChI=1S/C22H23F3N2O/c1-14-8-19(27-7-6-16-10-18(23)3-2-17(16)13-27)4-5-20(14)26-21(28)9-15-11-22(24,25)12-15/h2-5,8,10,15H,6-7,9,11-13H2,1H3,(H,26,28). The van der Waals surface area contributed by atoms with Gasteiger partial charge in [0.25, 0.3) is 0 Å². The number of aryl methyl sites for hydroxylation is 1. The van der Waals surface area contributed by atoms with E-state index >= 15 is 0 Å². The summed E-state index contributed by atoms with van der Waals surface area (Å²) in [7, 11) is 0. The number of fused-ring (bicyclic) bond motifs is 1. The summed E-state index contributed by atoms with van der Waals surface area (Å²) in [6.45, 7) is 3.44. The Hall–Kier alpha value is -2.50. The van der Waals surface area contributed by atoms with Gasteiger partial charge in [0.2, 0.25) is 11.8 Å². The molecule has 1 amide bonds. The fraction of sp³-hybridized carbons (Fsp3) is 0.409. The quantitative estimate of drug-likeness (QED) is 0.793. The minimum absolute atomic E-state index is 0.135. The minimum Gasteiger partial charge on any atom is -0.367 e. The van der Waals surface area contributed by atoms with E-state index in [1.807, 2.05) is 31.2 Å². The maximum atomic E-state index is 13.4. The average molecular weight is 388 g/mol. The van der Waals surface area contributed by atoms with Crippen molar-refractivity contribution in [3.63, 3.8) is 0 Å². The molecule has 6 heteroatoms. The summed E-state index contributed by atoms with van der Waals surface area (Å²) < 4.78 is 39.2. The predicted molar refractivity (Wildman–Crippen MR) is 103 cm³/mol. The monoisotopic (exact) mass is 388 g/mol. The number of anilines is 2. The van der Waals surface area contributed by atoms with Gasteiger partial charge in [0.1, 0.15) is 5.82 Å². The van der Waals surface area contributed by atoms with E-state index in [1.54, 1.807) is 6.07 Å². The molecule has 0 saturated heterocycles. The zero-order chi connectivity index (χ0) is 19.9. The highest BCUT2D eigenvalue weighted by atomic mass is 19.3. The van der Waals surface area contributed by atoms with Crippen molar-refractivity contribution in [3.05, 3.63) is 58.9 Å². The van der Waals surface area contributed by atoms with Gasteiger partial charge in [-0.05, 0) is 66.3 Å². The molecule has 0 spiro atoms. The Morgan fingerprint density at radius 2 is 1.96 bits per heavy atom. The van der Waals surface area contributed by atoms with E-state index in [0.717, 1.165) is 41.9 Å². The number of hydrogen-bond donors (Lipinski definition) is 1. The van der Waals surface area contributed by atoms with E-state index < -0.39 is 5.92 Å². The third-order valence-electron chi connectivity index (χ3n) is 5.68. The number of carbonyl (C=O) groups is 1. The number of nitrogens with zero attached hydrogens (tertiary/aromatic N) is 1. The molecule has 148 valence electrons. The van der Waals surface area contributed by atoms with Gasteiger partial charge in [0, 0.05) is 43.7 Å². The summed E-state index contributed by atoms with van der Waals surface area (Å²) in [6.07, 6.45) is 0.532. The molecular weight excluding hydrogens is 365 g/mol. The fourth-order valence-corrected chi connectivity index (χ4v) is 4.12. The molecule has 0 atom stereocenters. The van der Waals surface area contributed by atoms with E-state index in [-0.39, 0.29) is 36.9 Å². The lowest BCUT2D eigenvalue weighted by Gasteiger charge is -2.34. The van der Waals surface area contributed by atoms with Crippen LogP contribution in [0.25, 0.3) is 0 Å². The van der Waals surface area contributed by atoms with Crippen LogP contribution in [0.2, 0.25) is 0 Å². The van der Waals surface area contributed by atoms with Gasteiger partial charge in [0.05, 0.1) is 0 Å². The molecule has 1 aliphatic carbocycles. The van der Waals surface area contributed by atoms with E-state index in [1.165, 1.54) is 6.07 Å². The highest BCUT2D eigenvalue weighted by Gasteiger charge is 2.45. The van der Waals surface area contributed by atoms with Gasteiger partial charge in [-0.15, -0.1) is 0 Å². The van der Waals surface area contributed by atoms with Crippen LogP contribution in [0.15, 0.2) is 36.4 Å². The fourth-order valence-electron chi connectivity index (χ4n) is 4.12. The van der Waals surface area contributed by atoms with Gasteiger partial charge in [-0.1, -0.05) is 6.07 Å². The molecule has 2 aliphatic rings. The average Bonchev–Trinajstić information content (AvgIpc) is 2.61. The minimum atomic E-state index is -2.60. The molecule has 0 aromatic heterocycles. The van der Waals surface area contributed by atoms with E-state index in [0.29, 0.717) is 5.69 Å². The van der Waals surface area contributed by atoms with Gasteiger partial charge < -0.3 is 10.2 Å². The summed E-state index contributed by atoms with van der Waals surface area (Å²) in [6, 6.07) is 10.8. The second-order valence-corrected chi connectivity index (χ2v) is 7.97. The Morgan fingerprint density at radius 3 is 2.68 bits per heavy atom. The molecule has 1 heterocycles. The maximum absolute atomic E-state index is 13.4. The molecule has 1 saturated carbocycles. The first-order valence-corrected chi connectivity index (χ1v) is 9.60. The zero-order valence-corrected chi connectivity index (χ0v) is 15.8. The third kappa shape index (κ3) is 4.01. The molecule has 0 unspecified atom stereocenters. The summed E-state index contributed by atoms with van der Waals surface area (Å²) in [5, 5.41) is 2.84. The molecule has 28 heavy (non-hydrogen) atoms. The normalized spacial score (nSPS) is 18.4. The third-order valence-corrected chi connectivity index (χ3v) is 5.68. The lowest BCUT2D eigenvalue weighted by molar-refractivity contribution is -0.129. The highest BCUT2D eigenvalue weighted by Crippen LogP contribution is 2.44. The van der Waals surface area contributed by atoms with E-state index in [2.05, 4.69) is 10.2 Å². The first-order valence-electron chi connectivity index (χ1n) is 9.60. The van der Waals surface area contributed by atoms with Gasteiger partial charge in [-0.25, -0.2) is 13.2 Å². The van der Waals surface area contributed by atoms with Crippen molar-refractivity contribution in [1.82, 2.24) is 0 Å². The number of halogens is 3. The Labute approximate surface area is 162 Å². The first kappa shape index (κ1) is 18.8. The van der Waals surface area contributed by atoms with Crippen LogP contribution in [-0.2, 0) is 17.8 Å². The number of alkyl halides is 2. The van der Waals surface area contributed by atoms with Gasteiger partial charge in [-0.2, -0.15) is 0 Å². The Morgan fingerprint density at radius 1 is 1.18 bits per heavy atom. The van der Waals surface area contributed by atoms with Crippen molar-refractivity contribution in [3.8, 4) is 0 Å². The summed E-state index contributed by atoms with van der Waals surface area (Å²) in [5.41, 5.74) is 4.86. The Bertz CT molecular complexity index is 905. The molecule has 3 nitrogen and oxygen atoms in total. The molecule has 1 aliphatic heterocycles. The molecule has 4 rings (SSSR count). The van der Waals surface area contributed by atoms with Crippen molar-refractivity contribution in [2.45, 2.75) is 45.1 Å². The number of amides is 1. The number of hydrogen-bond acceptors (Lipinski definition) is 2. The largest absolute Gasteiger partial charge is 0.367 e. The van der Waals surface area contributed by atoms with Crippen LogP contribution in [0.5, 0.6) is 0 Å². The van der Waals surface area contributed by atoms with Crippen LogP contribution in [-0.4, -0.2) is 18.4 Å². The number of carbonyl (C=O) groups excluding carboxylic acids is 1. The van der Waals surface area contributed by atoms with Crippen molar-refractivity contribution in [2.75, 3.05) is 16.8 Å². The van der Waals surface area contributed by atoms with E-state index in [4.69, 9.17) is 0 Å². The number of nitrogens with one attached hydrogen (secondary N) is 1. The second kappa shape index (κ2) is 7.15. The summed E-state index contributed by atoms with van der Waals surface area (Å²) in [5.74, 6) is -3.24. The van der Waals surface area contributed by atoms with Gasteiger partial charge in [0.15, 0.2) is 0 Å². The Balaban J connectivity index is 1.39. The molecule has 0 radical (unpaired) electrons. The Kier molecular flexibility index (Phi) is 4.81. The number of rotatable bonds is 4. The molecule has 1 fully saturated rings. The molecular formula is C22H23F3N2O. The van der Waals surface area contributed by atoms with Crippen molar-refractivity contribution in [1.29, 1.82) is 0 Å². The second-order valence-electron chi connectivity index (χ2n) is 7.97. The molecule has 2 aromatic rings. The van der Waals surface area contributed by atoms with Crippen molar-refractivity contribution in [2.24, 2.45) is 5.92 Å². The summed E-state index contributed by atoms with van der Waals surface area (Å²) in [4.78, 5) is 14.4. The maximum Gasteiger partial charge on any atom is 0.248 e. The smallest absolute Gasteiger partial charge is 0.248 e. The van der Waals surface area contributed by atoms with Gasteiger partial charge in [-0.3, -0.25) is 4.79 Å². The topological polar surface area (TPSA) is 32.3 Å². The molecule has 2 aromatic carbocycles. The SMILES string of the molecule is Cc1cc(N2CCc3cc(F)ccc3C2)ccc1NC(=O)CC1CC(F)(F)C1. The molecule has 1 N–H and O–H groups in total. The molecule has 0 bridgehead atoms. The van der Waals surface area contributed by atoms with Crippen LogP contribution in [0.4, 0.5) is 24.5 Å². The zero-order valence-electron chi connectivity index (χ0n) is 15.8. The summed E-state index contributed by atoms with van der Waals surface area (Å²) >= 11 is 0. The first-order chi connectivity index (χ1) is 13.3. The lowest BCUT2D eigenvalue weighted by atomic mass is 9.79. The van der Waals surface area contributed by atoms with Gasteiger partial charge >= 0.3 is 0 Å². The van der Waals surface area contributed by atoms with Crippen LogP contribution >= 0.6 is 0 Å². The van der Waals surface area contributed by atoms with E-state index in [9.17, 15) is 18.0 Å². The van der Waals surface area contributed by atoms with Crippen LogP contribution in [0, 0.1) is 18.7 Å². The lowest BCUT2D eigenvalue weighted by Crippen LogP contribution is -2.37. The number of benzene rings is 2.